The van der Waals surface area contributed by atoms with Gasteiger partial charge in [0.25, 0.3) is 0 Å². The van der Waals surface area contributed by atoms with Crippen LogP contribution < -0.4 is 10.6 Å². The van der Waals surface area contributed by atoms with E-state index >= 15 is 0 Å². The highest BCUT2D eigenvalue weighted by Crippen LogP contribution is 2.26. The fourth-order valence-electron chi connectivity index (χ4n) is 3.14. The number of ether oxygens (including phenoxy) is 1. The lowest BCUT2D eigenvalue weighted by Gasteiger charge is -2.26. The molecular weight excluding hydrogens is 348 g/mol. The third kappa shape index (κ3) is 5.35. The van der Waals surface area contributed by atoms with Gasteiger partial charge >= 0.3 is 0 Å². The number of aliphatic hydroxyl groups is 1. The number of aliphatic hydroxyl groups excluding tert-OH is 1. The van der Waals surface area contributed by atoms with Crippen molar-refractivity contribution in [3.05, 3.63) is 95.6 Å². The van der Waals surface area contributed by atoms with Crippen LogP contribution >= 0.6 is 0 Å². The lowest BCUT2D eigenvalue weighted by molar-refractivity contribution is 0.0957. The van der Waals surface area contributed by atoms with E-state index in [0.717, 1.165) is 23.5 Å². The Bertz CT molecular complexity index is 850. The lowest BCUT2D eigenvalue weighted by Crippen LogP contribution is -2.32. The van der Waals surface area contributed by atoms with Crippen molar-refractivity contribution >= 4 is 11.4 Å². The standard InChI is InChI=1S/C24H28N2O2/c1-18-12-14-19(15-13-18)16-25-21-10-6-7-11-22(21)26-23(17-28-2)24(27)20-8-4-3-5-9-20/h3-15,23-27H,16-17H2,1-2H3/t23-,24-/m0/s1. The summed E-state index contributed by atoms with van der Waals surface area (Å²) < 4.78 is 5.36. The van der Waals surface area contributed by atoms with Gasteiger partial charge in [0, 0.05) is 13.7 Å². The minimum Gasteiger partial charge on any atom is -0.386 e. The van der Waals surface area contributed by atoms with Gasteiger partial charge in [-0.05, 0) is 30.2 Å². The fourth-order valence-corrected chi connectivity index (χ4v) is 3.14. The molecule has 0 aromatic heterocycles. The van der Waals surface area contributed by atoms with Crippen molar-refractivity contribution < 1.29 is 9.84 Å². The van der Waals surface area contributed by atoms with Crippen LogP contribution in [0, 0.1) is 6.92 Å². The maximum atomic E-state index is 10.8. The number of anilines is 2. The van der Waals surface area contributed by atoms with Gasteiger partial charge in [0.05, 0.1) is 24.0 Å². The molecule has 0 heterocycles. The van der Waals surface area contributed by atoms with E-state index in [0.29, 0.717) is 6.61 Å². The maximum absolute atomic E-state index is 10.8. The number of rotatable bonds is 9. The first-order valence-corrected chi connectivity index (χ1v) is 9.54. The summed E-state index contributed by atoms with van der Waals surface area (Å²) in [6.07, 6.45) is -0.675. The van der Waals surface area contributed by atoms with Crippen LogP contribution in [0.2, 0.25) is 0 Å². The van der Waals surface area contributed by atoms with Crippen molar-refractivity contribution in [1.29, 1.82) is 0 Å². The topological polar surface area (TPSA) is 53.5 Å². The minimum atomic E-state index is -0.675. The molecule has 28 heavy (non-hydrogen) atoms. The first-order valence-electron chi connectivity index (χ1n) is 9.54. The summed E-state index contributed by atoms with van der Waals surface area (Å²) >= 11 is 0. The van der Waals surface area contributed by atoms with E-state index in [2.05, 4.69) is 41.8 Å². The van der Waals surface area contributed by atoms with Crippen LogP contribution in [-0.4, -0.2) is 24.9 Å². The molecule has 3 aromatic rings. The van der Waals surface area contributed by atoms with Crippen LogP contribution in [0.15, 0.2) is 78.9 Å². The highest BCUT2D eigenvalue weighted by Gasteiger charge is 2.21. The van der Waals surface area contributed by atoms with Crippen molar-refractivity contribution in [3.8, 4) is 0 Å². The summed E-state index contributed by atoms with van der Waals surface area (Å²) in [5.41, 5.74) is 5.26. The van der Waals surface area contributed by atoms with Crippen LogP contribution in [0.5, 0.6) is 0 Å². The van der Waals surface area contributed by atoms with Gasteiger partial charge in [-0.2, -0.15) is 0 Å². The Kier molecular flexibility index (Phi) is 7.06. The van der Waals surface area contributed by atoms with Crippen LogP contribution in [-0.2, 0) is 11.3 Å². The first-order chi connectivity index (χ1) is 13.7. The molecule has 2 atom stereocenters. The van der Waals surface area contributed by atoms with Gasteiger partial charge in [0.1, 0.15) is 6.10 Å². The molecule has 0 amide bonds. The van der Waals surface area contributed by atoms with Gasteiger partial charge < -0.3 is 20.5 Å². The zero-order chi connectivity index (χ0) is 19.8. The Balaban J connectivity index is 1.73. The molecule has 3 rings (SSSR count). The second-order valence-electron chi connectivity index (χ2n) is 6.95. The molecule has 0 aliphatic carbocycles. The zero-order valence-corrected chi connectivity index (χ0v) is 16.4. The molecule has 3 N–H and O–H groups in total. The molecule has 0 radical (unpaired) electrons. The Morgan fingerprint density at radius 3 is 2.18 bits per heavy atom. The predicted octanol–water partition coefficient (Wildman–Crippen LogP) is 4.77. The van der Waals surface area contributed by atoms with Crippen LogP contribution in [0.25, 0.3) is 0 Å². The van der Waals surface area contributed by atoms with Gasteiger partial charge in [-0.15, -0.1) is 0 Å². The molecule has 146 valence electrons. The highest BCUT2D eigenvalue weighted by molar-refractivity contribution is 5.69. The summed E-state index contributed by atoms with van der Waals surface area (Å²) in [6.45, 7) is 3.21. The van der Waals surface area contributed by atoms with E-state index in [4.69, 9.17) is 4.74 Å². The number of para-hydroxylation sites is 2. The average Bonchev–Trinajstić information content (AvgIpc) is 2.74. The number of hydrogen-bond acceptors (Lipinski definition) is 4. The quantitative estimate of drug-likeness (QED) is 0.504. The molecule has 4 nitrogen and oxygen atoms in total. The zero-order valence-electron chi connectivity index (χ0n) is 16.4. The van der Waals surface area contributed by atoms with Crippen LogP contribution in [0.3, 0.4) is 0 Å². The number of methoxy groups -OCH3 is 1. The van der Waals surface area contributed by atoms with Gasteiger partial charge in [0.15, 0.2) is 0 Å². The number of hydrogen-bond donors (Lipinski definition) is 3. The van der Waals surface area contributed by atoms with Crippen LogP contribution in [0.4, 0.5) is 11.4 Å². The van der Waals surface area contributed by atoms with Gasteiger partial charge in [-0.1, -0.05) is 72.3 Å². The van der Waals surface area contributed by atoms with Crippen molar-refractivity contribution in [3.63, 3.8) is 0 Å². The molecule has 0 bridgehead atoms. The van der Waals surface area contributed by atoms with Crippen molar-refractivity contribution in [2.45, 2.75) is 25.6 Å². The summed E-state index contributed by atoms with van der Waals surface area (Å²) in [4.78, 5) is 0. The van der Waals surface area contributed by atoms with E-state index in [1.165, 1.54) is 11.1 Å². The molecule has 0 aliphatic heterocycles. The Labute approximate surface area is 167 Å². The van der Waals surface area contributed by atoms with Crippen molar-refractivity contribution in [1.82, 2.24) is 0 Å². The first kappa shape index (κ1) is 19.9. The summed E-state index contributed by atoms with van der Waals surface area (Å²) in [7, 11) is 1.65. The Hall–Kier alpha value is -2.82. The second-order valence-corrected chi connectivity index (χ2v) is 6.95. The summed E-state index contributed by atoms with van der Waals surface area (Å²) in [5.74, 6) is 0. The highest BCUT2D eigenvalue weighted by atomic mass is 16.5. The molecule has 3 aromatic carbocycles. The van der Waals surface area contributed by atoms with Gasteiger partial charge in [-0.3, -0.25) is 0 Å². The number of aryl methyl sites for hydroxylation is 1. The van der Waals surface area contributed by atoms with Gasteiger partial charge in [-0.25, -0.2) is 0 Å². The smallest absolute Gasteiger partial charge is 0.101 e. The number of benzene rings is 3. The molecule has 0 fully saturated rings. The van der Waals surface area contributed by atoms with E-state index in [-0.39, 0.29) is 6.04 Å². The predicted molar refractivity (Wildman–Crippen MR) is 116 cm³/mol. The van der Waals surface area contributed by atoms with E-state index < -0.39 is 6.10 Å². The number of nitrogens with one attached hydrogen (secondary N) is 2. The molecule has 0 saturated heterocycles. The maximum Gasteiger partial charge on any atom is 0.101 e. The van der Waals surface area contributed by atoms with E-state index in [9.17, 15) is 5.11 Å². The largest absolute Gasteiger partial charge is 0.386 e. The minimum absolute atomic E-state index is 0.269. The van der Waals surface area contributed by atoms with Crippen molar-refractivity contribution in [2.75, 3.05) is 24.4 Å². The lowest BCUT2D eigenvalue weighted by atomic mass is 10.0. The van der Waals surface area contributed by atoms with E-state index in [1.807, 2.05) is 54.6 Å². The van der Waals surface area contributed by atoms with Crippen LogP contribution in [0.1, 0.15) is 22.8 Å². The van der Waals surface area contributed by atoms with Gasteiger partial charge in [0.2, 0.25) is 0 Å². The monoisotopic (exact) mass is 376 g/mol. The molecule has 0 unspecified atom stereocenters. The third-order valence-corrected chi connectivity index (χ3v) is 4.74. The Morgan fingerprint density at radius 1 is 0.857 bits per heavy atom. The molecule has 0 spiro atoms. The third-order valence-electron chi connectivity index (χ3n) is 4.74. The summed E-state index contributed by atoms with van der Waals surface area (Å²) in [6, 6.07) is 25.9. The normalized spacial score (nSPS) is 13.0. The fraction of sp³-hybridized carbons (Fsp3) is 0.250. The van der Waals surface area contributed by atoms with Crippen molar-refractivity contribution in [2.24, 2.45) is 0 Å². The molecular formula is C24H28N2O2. The summed E-state index contributed by atoms with van der Waals surface area (Å²) in [5, 5.41) is 17.8. The average molecular weight is 377 g/mol. The van der Waals surface area contributed by atoms with E-state index in [1.54, 1.807) is 7.11 Å². The molecule has 4 heteroatoms. The molecule has 0 aliphatic rings. The molecule has 0 saturated carbocycles. The Morgan fingerprint density at radius 2 is 1.50 bits per heavy atom. The SMILES string of the molecule is COC[C@H](Nc1ccccc1NCc1ccc(C)cc1)[C@@H](O)c1ccccc1. The second kappa shape index (κ2) is 9.93.